The standard InChI is InChI=1S/C24H27N3O3/c1-27(9-10-29-2)22-12-17(21-14-25-26-15-21)7-8-18(22)13-23(28)20-11-19-5-3-4-6-24(19)30-16-20/h3-8,12,14-15,20H,9-11,13,16H2,1-2H3,(H,25,26). The first-order valence-electron chi connectivity index (χ1n) is 10.2. The number of nitrogens with one attached hydrogen (secondary N) is 1. The zero-order chi connectivity index (χ0) is 20.9. The third kappa shape index (κ3) is 4.39. The predicted molar refractivity (Wildman–Crippen MR) is 117 cm³/mol. The van der Waals surface area contributed by atoms with Gasteiger partial charge in [-0.05, 0) is 35.2 Å². The molecule has 0 bridgehead atoms. The lowest BCUT2D eigenvalue weighted by molar-refractivity contribution is -0.123. The summed E-state index contributed by atoms with van der Waals surface area (Å²) in [6.45, 7) is 1.80. The van der Waals surface area contributed by atoms with Crippen LogP contribution in [0.4, 0.5) is 5.69 Å². The normalized spacial score (nSPS) is 15.3. The number of hydrogen-bond acceptors (Lipinski definition) is 5. The molecule has 6 heteroatoms. The average molecular weight is 405 g/mol. The summed E-state index contributed by atoms with van der Waals surface area (Å²) >= 11 is 0. The number of aromatic amines is 1. The van der Waals surface area contributed by atoms with Crippen molar-refractivity contribution in [3.8, 4) is 16.9 Å². The van der Waals surface area contributed by atoms with Gasteiger partial charge in [-0.15, -0.1) is 0 Å². The van der Waals surface area contributed by atoms with Crippen molar-refractivity contribution < 1.29 is 14.3 Å². The maximum absolute atomic E-state index is 13.1. The third-order valence-corrected chi connectivity index (χ3v) is 5.66. The van der Waals surface area contributed by atoms with E-state index in [2.05, 4.69) is 27.2 Å². The lowest BCUT2D eigenvalue weighted by atomic mass is 9.89. The minimum atomic E-state index is -0.120. The van der Waals surface area contributed by atoms with E-state index in [0.29, 0.717) is 19.6 Å². The first-order chi connectivity index (χ1) is 14.7. The Labute approximate surface area is 176 Å². The molecule has 2 heterocycles. The Balaban J connectivity index is 1.56. The number of anilines is 1. The molecule has 0 spiro atoms. The number of carbonyl (C=O) groups is 1. The number of ether oxygens (including phenoxy) is 2. The Morgan fingerprint density at radius 2 is 2.13 bits per heavy atom. The fraction of sp³-hybridized carbons (Fsp3) is 0.333. The Hall–Kier alpha value is -3.12. The number of Topliss-reactive ketones (excluding diaryl/α,β-unsaturated/α-hetero) is 1. The van der Waals surface area contributed by atoms with Crippen molar-refractivity contribution >= 4 is 11.5 Å². The summed E-state index contributed by atoms with van der Waals surface area (Å²) in [7, 11) is 3.72. The van der Waals surface area contributed by atoms with Crippen LogP contribution in [-0.4, -0.2) is 49.9 Å². The van der Waals surface area contributed by atoms with Gasteiger partial charge in [-0.3, -0.25) is 9.89 Å². The molecule has 1 aromatic heterocycles. The molecule has 0 radical (unpaired) electrons. The van der Waals surface area contributed by atoms with Crippen molar-refractivity contribution in [2.75, 3.05) is 38.8 Å². The lowest BCUT2D eigenvalue weighted by Crippen LogP contribution is -2.30. The van der Waals surface area contributed by atoms with Crippen LogP contribution < -0.4 is 9.64 Å². The van der Waals surface area contributed by atoms with Crippen LogP contribution in [0, 0.1) is 5.92 Å². The van der Waals surface area contributed by atoms with Gasteiger partial charge >= 0.3 is 0 Å². The summed E-state index contributed by atoms with van der Waals surface area (Å²) in [6.07, 6.45) is 4.79. The van der Waals surface area contributed by atoms with E-state index in [4.69, 9.17) is 9.47 Å². The SMILES string of the molecule is COCCN(C)c1cc(-c2cn[nH]c2)ccc1CC(=O)C1COc2ccccc2C1. The van der Waals surface area contributed by atoms with Crippen molar-refractivity contribution in [3.05, 3.63) is 66.0 Å². The van der Waals surface area contributed by atoms with Gasteiger partial charge in [0.15, 0.2) is 0 Å². The minimum Gasteiger partial charge on any atom is -0.493 e. The van der Waals surface area contributed by atoms with Gasteiger partial charge < -0.3 is 14.4 Å². The molecule has 1 aliphatic heterocycles. The van der Waals surface area contributed by atoms with Crippen LogP contribution in [0.1, 0.15) is 11.1 Å². The highest BCUT2D eigenvalue weighted by Crippen LogP contribution is 2.31. The maximum Gasteiger partial charge on any atom is 0.144 e. The van der Waals surface area contributed by atoms with Crippen LogP contribution in [-0.2, 0) is 22.4 Å². The Kier molecular flexibility index (Phi) is 6.14. The van der Waals surface area contributed by atoms with Crippen molar-refractivity contribution in [2.24, 2.45) is 5.92 Å². The van der Waals surface area contributed by atoms with E-state index < -0.39 is 0 Å². The Morgan fingerprint density at radius 3 is 2.93 bits per heavy atom. The summed E-state index contributed by atoms with van der Waals surface area (Å²) in [5.74, 6) is 0.985. The molecule has 156 valence electrons. The summed E-state index contributed by atoms with van der Waals surface area (Å²) in [5, 5.41) is 6.90. The summed E-state index contributed by atoms with van der Waals surface area (Å²) in [4.78, 5) is 15.3. The molecule has 1 aliphatic rings. The van der Waals surface area contributed by atoms with Gasteiger partial charge in [0.05, 0.1) is 25.3 Å². The number of H-pyrrole nitrogens is 1. The number of benzene rings is 2. The topological polar surface area (TPSA) is 67.5 Å². The van der Waals surface area contributed by atoms with Gasteiger partial charge in [0.2, 0.25) is 0 Å². The molecule has 0 saturated carbocycles. The fourth-order valence-electron chi connectivity index (χ4n) is 3.87. The average Bonchev–Trinajstić information content (AvgIpc) is 3.32. The number of likely N-dealkylation sites (N-methyl/N-ethyl adjacent to an activating group) is 1. The second-order valence-electron chi connectivity index (χ2n) is 7.71. The fourth-order valence-corrected chi connectivity index (χ4v) is 3.87. The molecule has 30 heavy (non-hydrogen) atoms. The van der Waals surface area contributed by atoms with Crippen LogP contribution in [0.25, 0.3) is 11.1 Å². The van der Waals surface area contributed by atoms with Crippen LogP contribution in [0.2, 0.25) is 0 Å². The number of nitrogens with zero attached hydrogens (tertiary/aromatic N) is 2. The number of hydrogen-bond donors (Lipinski definition) is 1. The van der Waals surface area contributed by atoms with Gasteiger partial charge in [0, 0.05) is 44.6 Å². The number of carbonyl (C=O) groups excluding carboxylic acids is 1. The third-order valence-electron chi connectivity index (χ3n) is 5.66. The molecule has 6 nitrogen and oxygen atoms in total. The van der Waals surface area contributed by atoms with E-state index in [1.165, 1.54) is 0 Å². The molecule has 0 saturated heterocycles. The highest BCUT2D eigenvalue weighted by Gasteiger charge is 2.26. The van der Waals surface area contributed by atoms with Crippen LogP contribution >= 0.6 is 0 Å². The number of methoxy groups -OCH3 is 1. The molecular weight excluding hydrogens is 378 g/mol. The summed E-state index contributed by atoms with van der Waals surface area (Å²) < 4.78 is 11.1. The smallest absolute Gasteiger partial charge is 0.144 e. The minimum absolute atomic E-state index is 0.120. The zero-order valence-electron chi connectivity index (χ0n) is 17.4. The molecule has 4 rings (SSSR count). The van der Waals surface area contributed by atoms with Crippen LogP contribution in [0.5, 0.6) is 5.75 Å². The first-order valence-corrected chi connectivity index (χ1v) is 10.2. The molecule has 0 amide bonds. The van der Waals surface area contributed by atoms with E-state index in [-0.39, 0.29) is 11.7 Å². The van der Waals surface area contributed by atoms with Crippen LogP contribution in [0.15, 0.2) is 54.9 Å². The quantitative estimate of drug-likeness (QED) is 0.621. The molecule has 3 aromatic rings. The second-order valence-corrected chi connectivity index (χ2v) is 7.71. The van der Waals surface area contributed by atoms with Crippen molar-refractivity contribution in [3.63, 3.8) is 0 Å². The maximum atomic E-state index is 13.1. The Bertz CT molecular complexity index is 1000. The van der Waals surface area contributed by atoms with Gasteiger partial charge in [-0.25, -0.2) is 0 Å². The van der Waals surface area contributed by atoms with Crippen molar-refractivity contribution in [1.29, 1.82) is 0 Å². The molecule has 1 N–H and O–H groups in total. The Morgan fingerprint density at radius 1 is 1.27 bits per heavy atom. The lowest BCUT2D eigenvalue weighted by Gasteiger charge is -2.26. The molecule has 0 fully saturated rings. The summed E-state index contributed by atoms with van der Waals surface area (Å²) in [5.41, 5.74) is 5.25. The number of ketones is 1. The van der Waals surface area contributed by atoms with E-state index in [1.54, 1.807) is 13.3 Å². The van der Waals surface area contributed by atoms with Crippen molar-refractivity contribution in [2.45, 2.75) is 12.8 Å². The van der Waals surface area contributed by atoms with Gasteiger partial charge in [-0.1, -0.05) is 30.3 Å². The zero-order valence-corrected chi connectivity index (χ0v) is 17.4. The van der Waals surface area contributed by atoms with Gasteiger partial charge in [-0.2, -0.15) is 5.10 Å². The number of aromatic nitrogens is 2. The largest absolute Gasteiger partial charge is 0.493 e. The number of rotatable bonds is 8. The van der Waals surface area contributed by atoms with Gasteiger partial charge in [0.25, 0.3) is 0 Å². The van der Waals surface area contributed by atoms with Crippen LogP contribution in [0.3, 0.4) is 0 Å². The first kappa shape index (κ1) is 20.2. The number of para-hydroxylation sites is 1. The second kappa shape index (κ2) is 9.13. The monoisotopic (exact) mass is 405 g/mol. The molecular formula is C24H27N3O3. The molecule has 0 aliphatic carbocycles. The van der Waals surface area contributed by atoms with E-state index in [0.717, 1.165) is 46.7 Å². The highest BCUT2D eigenvalue weighted by molar-refractivity contribution is 5.86. The van der Waals surface area contributed by atoms with E-state index >= 15 is 0 Å². The van der Waals surface area contributed by atoms with E-state index in [1.807, 2.05) is 43.6 Å². The highest BCUT2D eigenvalue weighted by atomic mass is 16.5. The molecule has 1 unspecified atom stereocenters. The van der Waals surface area contributed by atoms with Gasteiger partial charge in [0.1, 0.15) is 11.5 Å². The molecule has 2 aromatic carbocycles. The predicted octanol–water partition coefficient (Wildman–Crippen LogP) is 3.52. The summed E-state index contributed by atoms with van der Waals surface area (Å²) in [6, 6.07) is 14.2. The molecule has 1 atom stereocenters. The van der Waals surface area contributed by atoms with Crippen molar-refractivity contribution in [1.82, 2.24) is 10.2 Å². The van der Waals surface area contributed by atoms with E-state index in [9.17, 15) is 4.79 Å². The number of fused-ring (bicyclic) bond motifs is 1.